The predicted molar refractivity (Wildman–Crippen MR) is 80.5 cm³/mol. The minimum Gasteiger partial charge on any atom is -0.497 e. The Bertz CT molecular complexity index is 399. The molecule has 5 nitrogen and oxygen atoms in total. The van der Waals surface area contributed by atoms with Gasteiger partial charge in [0.25, 0.3) is 0 Å². The molecule has 1 aromatic rings. The maximum absolute atomic E-state index is 5.99. The normalized spacial score (nSPS) is 12.5. The lowest BCUT2D eigenvalue weighted by Gasteiger charge is -2.31. The van der Waals surface area contributed by atoms with Crippen LogP contribution in [0.15, 0.2) is 18.2 Å². The van der Waals surface area contributed by atoms with Gasteiger partial charge in [0.05, 0.1) is 26.9 Å². The van der Waals surface area contributed by atoms with Crippen LogP contribution in [0.2, 0.25) is 0 Å². The zero-order chi connectivity index (χ0) is 15.0. The van der Waals surface area contributed by atoms with Crippen molar-refractivity contribution in [1.82, 2.24) is 4.90 Å². The molecule has 0 fully saturated rings. The summed E-state index contributed by atoms with van der Waals surface area (Å²) in [7, 11) is 5.04. The Hall–Kier alpha value is -1.30. The number of hydrogen-bond donors (Lipinski definition) is 1. The van der Waals surface area contributed by atoms with Crippen molar-refractivity contribution in [1.29, 1.82) is 0 Å². The van der Waals surface area contributed by atoms with E-state index >= 15 is 0 Å². The van der Waals surface area contributed by atoms with Crippen LogP contribution in [0, 0.1) is 0 Å². The molecule has 20 heavy (non-hydrogen) atoms. The van der Waals surface area contributed by atoms with E-state index in [9.17, 15) is 0 Å². The first-order valence-corrected chi connectivity index (χ1v) is 6.86. The maximum atomic E-state index is 5.99. The SMILES string of the molecule is CCN(CCOC)C(CN)c1cc(OC)ccc1OC. The molecule has 0 bridgehead atoms. The summed E-state index contributed by atoms with van der Waals surface area (Å²) in [6.07, 6.45) is 0. The van der Waals surface area contributed by atoms with E-state index in [4.69, 9.17) is 19.9 Å². The number of nitrogens with two attached hydrogens (primary N) is 1. The van der Waals surface area contributed by atoms with Crippen LogP contribution in [0.5, 0.6) is 11.5 Å². The van der Waals surface area contributed by atoms with E-state index in [-0.39, 0.29) is 6.04 Å². The minimum atomic E-state index is 0.0835. The van der Waals surface area contributed by atoms with Gasteiger partial charge in [0.15, 0.2) is 0 Å². The standard InChI is InChI=1S/C15H26N2O3/c1-5-17(8-9-18-2)14(11-16)13-10-12(19-3)6-7-15(13)20-4/h6-7,10,14H,5,8-9,11,16H2,1-4H3. The van der Waals surface area contributed by atoms with Crippen molar-refractivity contribution in [3.8, 4) is 11.5 Å². The molecule has 0 aliphatic heterocycles. The molecular formula is C15H26N2O3. The average Bonchev–Trinajstić information content (AvgIpc) is 2.50. The summed E-state index contributed by atoms with van der Waals surface area (Å²) in [6, 6.07) is 5.88. The molecule has 0 heterocycles. The van der Waals surface area contributed by atoms with Crippen molar-refractivity contribution in [3.05, 3.63) is 23.8 Å². The zero-order valence-electron chi connectivity index (χ0n) is 12.9. The van der Waals surface area contributed by atoms with E-state index in [2.05, 4.69) is 11.8 Å². The van der Waals surface area contributed by atoms with Crippen molar-refractivity contribution in [2.75, 3.05) is 47.6 Å². The van der Waals surface area contributed by atoms with Gasteiger partial charge < -0.3 is 19.9 Å². The van der Waals surface area contributed by atoms with Gasteiger partial charge in [-0.05, 0) is 24.7 Å². The van der Waals surface area contributed by atoms with Crippen molar-refractivity contribution >= 4 is 0 Å². The van der Waals surface area contributed by atoms with E-state index < -0.39 is 0 Å². The molecule has 0 amide bonds. The van der Waals surface area contributed by atoms with Crippen molar-refractivity contribution in [3.63, 3.8) is 0 Å². The van der Waals surface area contributed by atoms with E-state index in [1.807, 2.05) is 18.2 Å². The molecule has 0 saturated carbocycles. The molecular weight excluding hydrogens is 256 g/mol. The summed E-state index contributed by atoms with van der Waals surface area (Å²) in [5, 5.41) is 0. The van der Waals surface area contributed by atoms with Crippen molar-refractivity contribution in [2.45, 2.75) is 13.0 Å². The topological polar surface area (TPSA) is 57.0 Å². The lowest BCUT2D eigenvalue weighted by atomic mass is 10.0. The quantitative estimate of drug-likeness (QED) is 0.746. The number of methoxy groups -OCH3 is 3. The van der Waals surface area contributed by atoms with Crippen LogP contribution in [-0.4, -0.2) is 52.5 Å². The van der Waals surface area contributed by atoms with Crippen molar-refractivity contribution in [2.24, 2.45) is 5.73 Å². The number of benzene rings is 1. The minimum absolute atomic E-state index is 0.0835. The predicted octanol–water partition coefficient (Wildman–Crippen LogP) is 1.67. The van der Waals surface area contributed by atoms with Crippen LogP contribution in [0.4, 0.5) is 0 Å². The third-order valence-corrected chi connectivity index (χ3v) is 3.45. The van der Waals surface area contributed by atoms with Gasteiger partial charge in [-0.1, -0.05) is 6.92 Å². The Kier molecular flexibility index (Phi) is 7.36. The number of nitrogens with zero attached hydrogens (tertiary/aromatic N) is 1. The van der Waals surface area contributed by atoms with Crippen molar-refractivity contribution < 1.29 is 14.2 Å². The van der Waals surface area contributed by atoms with Gasteiger partial charge >= 0.3 is 0 Å². The van der Waals surface area contributed by atoms with Gasteiger partial charge in [0.1, 0.15) is 11.5 Å². The third-order valence-electron chi connectivity index (χ3n) is 3.45. The molecule has 0 radical (unpaired) electrons. The first-order chi connectivity index (χ1) is 9.71. The fourth-order valence-electron chi connectivity index (χ4n) is 2.32. The highest BCUT2D eigenvalue weighted by atomic mass is 16.5. The molecule has 2 N–H and O–H groups in total. The number of likely N-dealkylation sites (N-methyl/N-ethyl adjacent to an activating group) is 1. The third kappa shape index (κ3) is 4.10. The molecule has 0 saturated heterocycles. The summed E-state index contributed by atoms with van der Waals surface area (Å²) < 4.78 is 15.9. The van der Waals surface area contributed by atoms with Gasteiger partial charge in [0.2, 0.25) is 0 Å². The van der Waals surface area contributed by atoms with E-state index in [0.717, 1.165) is 30.2 Å². The zero-order valence-corrected chi connectivity index (χ0v) is 12.9. The summed E-state index contributed by atoms with van der Waals surface area (Å²) in [5.74, 6) is 1.64. The molecule has 1 atom stereocenters. The van der Waals surface area contributed by atoms with Gasteiger partial charge in [-0.15, -0.1) is 0 Å². The van der Waals surface area contributed by atoms with Crippen LogP contribution < -0.4 is 15.2 Å². The Morgan fingerprint density at radius 3 is 2.45 bits per heavy atom. The van der Waals surface area contributed by atoms with Gasteiger partial charge in [-0.2, -0.15) is 0 Å². The largest absolute Gasteiger partial charge is 0.497 e. The second-order valence-electron chi connectivity index (χ2n) is 4.48. The number of hydrogen-bond acceptors (Lipinski definition) is 5. The van der Waals surface area contributed by atoms with Crippen LogP contribution in [-0.2, 0) is 4.74 Å². The molecule has 1 rings (SSSR count). The molecule has 1 unspecified atom stereocenters. The molecule has 0 spiro atoms. The lowest BCUT2D eigenvalue weighted by Crippen LogP contribution is -2.36. The molecule has 5 heteroatoms. The van der Waals surface area contributed by atoms with E-state index in [1.54, 1.807) is 21.3 Å². The lowest BCUT2D eigenvalue weighted by molar-refractivity contribution is 0.124. The second kappa shape index (κ2) is 8.79. The Morgan fingerprint density at radius 1 is 1.20 bits per heavy atom. The van der Waals surface area contributed by atoms with Crippen LogP contribution in [0.3, 0.4) is 0 Å². The van der Waals surface area contributed by atoms with Gasteiger partial charge in [0, 0.05) is 25.8 Å². The van der Waals surface area contributed by atoms with E-state index in [0.29, 0.717) is 13.2 Å². The number of ether oxygens (including phenoxy) is 3. The molecule has 1 aromatic carbocycles. The first kappa shape index (κ1) is 16.8. The highest BCUT2D eigenvalue weighted by molar-refractivity contribution is 5.42. The Balaban J connectivity index is 3.07. The first-order valence-electron chi connectivity index (χ1n) is 6.86. The maximum Gasteiger partial charge on any atom is 0.123 e. The van der Waals surface area contributed by atoms with Crippen LogP contribution >= 0.6 is 0 Å². The van der Waals surface area contributed by atoms with Gasteiger partial charge in [-0.25, -0.2) is 0 Å². The molecule has 0 aromatic heterocycles. The summed E-state index contributed by atoms with van der Waals surface area (Å²) >= 11 is 0. The van der Waals surface area contributed by atoms with Crippen LogP contribution in [0.25, 0.3) is 0 Å². The summed E-state index contributed by atoms with van der Waals surface area (Å²) in [5.41, 5.74) is 7.04. The Labute approximate surface area is 121 Å². The average molecular weight is 282 g/mol. The second-order valence-corrected chi connectivity index (χ2v) is 4.48. The molecule has 114 valence electrons. The van der Waals surface area contributed by atoms with Gasteiger partial charge in [-0.3, -0.25) is 4.90 Å². The van der Waals surface area contributed by atoms with Crippen LogP contribution in [0.1, 0.15) is 18.5 Å². The molecule has 0 aliphatic carbocycles. The van der Waals surface area contributed by atoms with E-state index in [1.165, 1.54) is 0 Å². The summed E-state index contributed by atoms with van der Waals surface area (Å²) in [6.45, 7) is 5.03. The fourth-order valence-corrected chi connectivity index (χ4v) is 2.32. The molecule has 0 aliphatic rings. The fraction of sp³-hybridized carbons (Fsp3) is 0.600. The smallest absolute Gasteiger partial charge is 0.123 e. The highest BCUT2D eigenvalue weighted by Gasteiger charge is 2.21. The number of rotatable bonds is 9. The highest BCUT2D eigenvalue weighted by Crippen LogP contribution is 2.32. The monoisotopic (exact) mass is 282 g/mol. The summed E-state index contributed by atoms with van der Waals surface area (Å²) in [4.78, 5) is 2.28. The Morgan fingerprint density at radius 2 is 1.95 bits per heavy atom.